The Morgan fingerprint density at radius 3 is 2.44 bits per heavy atom. The van der Waals surface area contributed by atoms with Crippen LogP contribution in [-0.4, -0.2) is 5.11 Å². The minimum absolute atomic E-state index is 0.0552. The second-order valence-electron chi connectivity index (χ2n) is 4.07. The van der Waals surface area contributed by atoms with Crippen LogP contribution in [0.4, 0.5) is 8.78 Å². The minimum atomic E-state index is -1.17. The molecule has 0 saturated carbocycles. The lowest BCUT2D eigenvalue weighted by Gasteiger charge is -2.15. The zero-order valence-electron chi connectivity index (χ0n) is 9.62. The molecule has 4 heteroatoms. The first-order valence-corrected chi connectivity index (χ1v) is 6.17. The molecule has 2 aromatic rings. The molecule has 0 aliphatic heterocycles. The molecule has 0 aliphatic rings. The maximum absolute atomic E-state index is 13.6. The summed E-state index contributed by atoms with van der Waals surface area (Å²) in [5.41, 5.74) is 1.31. The maximum atomic E-state index is 13.6. The third-order valence-corrected chi connectivity index (χ3v) is 3.27. The van der Waals surface area contributed by atoms with Gasteiger partial charge in [-0.2, -0.15) is 0 Å². The summed E-state index contributed by atoms with van der Waals surface area (Å²) in [4.78, 5) is 0. The van der Waals surface area contributed by atoms with Crippen molar-refractivity contribution in [2.45, 2.75) is 13.0 Å². The third kappa shape index (κ3) is 2.60. The predicted octanol–water partition coefficient (Wildman–Crippen LogP) is 4.12. The quantitative estimate of drug-likeness (QED) is 0.884. The predicted molar refractivity (Wildman–Crippen MR) is 69.3 cm³/mol. The van der Waals surface area contributed by atoms with Crippen molar-refractivity contribution in [1.82, 2.24) is 0 Å². The Morgan fingerprint density at radius 2 is 1.78 bits per heavy atom. The van der Waals surface area contributed by atoms with Crippen molar-refractivity contribution in [3.8, 4) is 0 Å². The van der Waals surface area contributed by atoms with Gasteiger partial charge in [-0.1, -0.05) is 22.0 Å². The molecule has 0 fully saturated rings. The molecule has 18 heavy (non-hydrogen) atoms. The van der Waals surface area contributed by atoms with Crippen LogP contribution >= 0.6 is 15.9 Å². The normalized spacial score (nSPS) is 12.5. The molecule has 1 unspecified atom stereocenters. The van der Waals surface area contributed by atoms with Crippen molar-refractivity contribution in [2.24, 2.45) is 0 Å². The lowest BCUT2D eigenvalue weighted by atomic mass is 9.97. The smallest absolute Gasteiger partial charge is 0.129 e. The van der Waals surface area contributed by atoms with Crippen LogP contribution in [0.2, 0.25) is 0 Å². The number of benzene rings is 2. The first-order chi connectivity index (χ1) is 8.49. The summed E-state index contributed by atoms with van der Waals surface area (Å²) in [5, 5.41) is 10.1. The highest BCUT2D eigenvalue weighted by Gasteiger charge is 2.17. The fourth-order valence-corrected chi connectivity index (χ4v) is 2.31. The highest BCUT2D eigenvalue weighted by molar-refractivity contribution is 9.10. The molecule has 0 saturated heterocycles. The lowest BCUT2D eigenvalue weighted by Crippen LogP contribution is -2.05. The molecule has 0 heterocycles. The SMILES string of the molecule is Cc1cc(Br)ccc1C(O)c1cc(F)ccc1F. The maximum Gasteiger partial charge on any atom is 0.129 e. The summed E-state index contributed by atoms with van der Waals surface area (Å²) < 4.78 is 27.6. The number of rotatable bonds is 2. The molecular formula is C14H11BrF2O. The van der Waals surface area contributed by atoms with Crippen LogP contribution in [0.5, 0.6) is 0 Å². The summed E-state index contributed by atoms with van der Waals surface area (Å²) in [7, 11) is 0. The largest absolute Gasteiger partial charge is 0.384 e. The molecule has 0 amide bonds. The molecule has 1 N–H and O–H groups in total. The molecule has 94 valence electrons. The molecule has 0 aliphatic carbocycles. The Bertz CT molecular complexity index is 584. The molecule has 1 nitrogen and oxygen atoms in total. The monoisotopic (exact) mass is 312 g/mol. The van der Waals surface area contributed by atoms with Gasteiger partial charge in [-0.15, -0.1) is 0 Å². The second kappa shape index (κ2) is 5.16. The van der Waals surface area contributed by atoms with Crippen LogP contribution in [0.3, 0.4) is 0 Å². The van der Waals surface area contributed by atoms with Crippen molar-refractivity contribution >= 4 is 15.9 Å². The zero-order valence-corrected chi connectivity index (χ0v) is 11.2. The number of halogens is 3. The Hall–Kier alpha value is -1.26. The minimum Gasteiger partial charge on any atom is -0.384 e. The standard InChI is InChI=1S/C14H11BrF2O/c1-8-6-9(15)2-4-11(8)14(18)12-7-10(16)3-5-13(12)17/h2-7,14,18H,1H3. The van der Waals surface area contributed by atoms with Gasteiger partial charge in [0.1, 0.15) is 17.7 Å². The van der Waals surface area contributed by atoms with E-state index in [1.807, 2.05) is 6.07 Å². The zero-order chi connectivity index (χ0) is 13.3. The molecule has 0 radical (unpaired) electrons. The van der Waals surface area contributed by atoms with Gasteiger partial charge in [0.25, 0.3) is 0 Å². The Morgan fingerprint density at radius 1 is 1.06 bits per heavy atom. The fraction of sp³-hybridized carbons (Fsp3) is 0.143. The summed E-state index contributed by atoms with van der Waals surface area (Å²) >= 11 is 3.31. The van der Waals surface area contributed by atoms with Gasteiger partial charge in [0.05, 0.1) is 0 Å². The number of aliphatic hydroxyl groups is 1. The summed E-state index contributed by atoms with van der Waals surface area (Å²) in [6.45, 7) is 1.81. The highest BCUT2D eigenvalue weighted by atomic mass is 79.9. The lowest BCUT2D eigenvalue weighted by molar-refractivity contribution is 0.213. The van der Waals surface area contributed by atoms with Gasteiger partial charge in [0.15, 0.2) is 0 Å². The Kier molecular flexibility index (Phi) is 3.78. The van der Waals surface area contributed by atoms with Gasteiger partial charge in [-0.3, -0.25) is 0 Å². The van der Waals surface area contributed by atoms with Crippen molar-refractivity contribution < 1.29 is 13.9 Å². The van der Waals surface area contributed by atoms with E-state index in [1.165, 1.54) is 0 Å². The third-order valence-electron chi connectivity index (χ3n) is 2.78. The Balaban J connectivity index is 2.47. The van der Waals surface area contributed by atoms with Gasteiger partial charge in [-0.25, -0.2) is 8.78 Å². The van der Waals surface area contributed by atoms with E-state index in [9.17, 15) is 13.9 Å². The number of hydrogen-bond acceptors (Lipinski definition) is 1. The first kappa shape index (κ1) is 13.2. The van der Waals surface area contributed by atoms with Gasteiger partial charge < -0.3 is 5.11 Å². The van der Waals surface area contributed by atoms with E-state index in [0.717, 1.165) is 28.2 Å². The van der Waals surface area contributed by atoms with E-state index in [0.29, 0.717) is 5.56 Å². The van der Waals surface area contributed by atoms with Crippen LogP contribution in [0.25, 0.3) is 0 Å². The van der Waals surface area contributed by atoms with E-state index >= 15 is 0 Å². The van der Waals surface area contributed by atoms with Crippen molar-refractivity contribution in [3.05, 3.63) is 69.2 Å². The molecule has 0 spiro atoms. The van der Waals surface area contributed by atoms with E-state index in [1.54, 1.807) is 19.1 Å². The first-order valence-electron chi connectivity index (χ1n) is 5.38. The van der Waals surface area contributed by atoms with E-state index in [4.69, 9.17) is 0 Å². The Labute approximate surface area is 112 Å². The fourth-order valence-electron chi connectivity index (χ4n) is 1.84. The number of aryl methyl sites for hydroxylation is 1. The van der Waals surface area contributed by atoms with E-state index in [2.05, 4.69) is 15.9 Å². The van der Waals surface area contributed by atoms with E-state index < -0.39 is 17.7 Å². The molecule has 1 atom stereocenters. The van der Waals surface area contributed by atoms with E-state index in [-0.39, 0.29) is 5.56 Å². The number of hydrogen-bond donors (Lipinski definition) is 1. The van der Waals surface area contributed by atoms with Crippen molar-refractivity contribution in [2.75, 3.05) is 0 Å². The summed E-state index contributed by atoms with van der Waals surface area (Å²) in [6.07, 6.45) is -1.17. The van der Waals surface area contributed by atoms with Crippen molar-refractivity contribution in [3.63, 3.8) is 0 Å². The second-order valence-corrected chi connectivity index (χ2v) is 4.98. The van der Waals surface area contributed by atoms with Crippen LogP contribution in [0.1, 0.15) is 22.8 Å². The average molecular weight is 313 g/mol. The highest BCUT2D eigenvalue weighted by Crippen LogP contribution is 2.28. The average Bonchev–Trinajstić information content (AvgIpc) is 2.31. The van der Waals surface area contributed by atoms with Crippen molar-refractivity contribution in [1.29, 1.82) is 0 Å². The summed E-state index contributed by atoms with van der Waals surface area (Å²) in [5.74, 6) is -1.19. The van der Waals surface area contributed by atoms with Gasteiger partial charge in [0, 0.05) is 10.0 Å². The molecule has 0 bridgehead atoms. The molecule has 0 aromatic heterocycles. The molecule has 2 rings (SSSR count). The van der Waals surface area contributed by atoms with Gasteiger partial charge in [-0.05, 0) is 48.4 Å². The summed E-state index contributed by atoms with van der Waals surface area (Å²) in [6, 6.07) is 8.32. The van der Waals surface area contributed by atoms with Gasteiger partial charge in [0.2, 0.25) is 0 Å². The van der Waals surface area contributed by atoms with Gasteiger partial charge >= 0.3 is 0 Å². The van der Waals surface area contributed by atoms with Crippen LogP contribution in [0, 0.1) is 18.6 Å². The van der Waals surface area contributed by atoms with Crippen LogP contribution in [0.15, 0.2) is 40.9 Å². The number of aliphatic hydroxyl groups excluding tert-OH is 1. The topological polar surface area (TPSA) is 20.2 Å². The molecule has 2 aromatic carbocycles. The van der Waals surface area contributed by atoms with Crippen LogP contribution < -0.4 is 0 Å². The van der Waals surface area contributed by atoms with Crippen LogP contribution in [-0.2, 0) is 0 Å². The molecular weight excluding hydrogens is 302 g/mol.